The number of rotatable bonds is 1. The van der Waals surface area contributed by atoms with Gasteiger partial charge >= 0.3 is 10.2 Å². The summed E-state index contributed by atoms with van der Waals surface area (Å²) in [5.74, 6) is 0. The van der Waals surface area contributed by atoms with E-state index in [-0.39, 0.29) is 4.90 Å². The second-order valence-electron chi connectivity index (χ2n) is 2.56. The fourth-order valence-corrected chi connectivity index (χ4v) is 1.57. The first kappa shape index (κ1) is 8.25. The summed E-state index contributed by atoms with van der Waals surface area (Å²) >= 11 is 0. The molecule has 0 aliphatic carbocycles. The molecular formula is C8H5FO3S. The van der Waals surface area contributed by atoms with E-state index in [1.165, 1.54) is 18.4 Å². The molecule has 13 heavy (non-hydrogen) atoms. The molecule has 0 amide bonds. The van der Waals surface area contributed by atoms with Crippen molar-refractivity contribution in [1.29, 1.82) is 0 Å². The largest absolute Gasteiger partial charge is 0.464 e. The van der Waals surface area contributed by atoms with Crippen LogP contribution in [0.3, 0.4) is 0 Å². The van der Waals surface area contributed by atoms with Crippen molar-refractivity contribution < 1.29 is 16.7 Å². The van der Waals surface area contributed by atoms with E-state index in [4.69, 9.17) is 4.42 Å². The maximum atomic E-state index is 12.5. The van der Waals surface area contributed by atoms with Gasteiger partial charge in [-0.25, -0.2) is 0 Å². The predicted octanol–water partition coefficient (Wildman–Crippen LogP) is 2.09. The van der Waals surface area contributed by atoms with Crippen LogP contribution in [0.5, 0.6) is 0 Å². The van der Waals surface area contributed by atoms with Crippen molar-refractivity contribution >= 4 is 21.2 Å². The van der Waals surface area contributed by atoms with Gasteiger partial charge in [-0.3, -0.25) is 0 Å². The zero-order chi connectivity index (χ0) is 9.47. The molecule has 2 rings (SSSR count). The Hall–Kier alpha value is -1.36. The number of hydrogen-bond acceptors (Lipinski definition) is 3. The van der Waals surface area contributed by atoms with Gasteiger partial charge in [0.2, 0.25) is 0 Å². The average Bonchev–Trinajstić information content (AvgIpc) is 2.47. The first-order valence-corrected chi connectivity index (χ1v) is 4.88. The molecule has 2 aromatic rings. The normalized spacial score (nSPS) is 12.1. The van der Waals surface area contributed by atoms with Gasteiger partial charge in [0.05, 0.1) is 6.26 Å². The lowest BCUT2D eigenvalue weighted by Crippen LogP contribution is -1.90. The van der Waals surface area contributed by atoms with Crippen LogP contribution in [0.25, 0.3) is 11.0 Å². The first-order valence-electron chi connectivity index (χ1n) is 3.49. The third-order valence-electron chi connectivity index (χ3n) is 1.71. The van der Waals surface area contributed by atoms with E-state index < -0.39 is 10.2 Å². The quantitative estimate of drug-likeness (QED) is 0.662. The second-order valence-corrected chi connectivity index (χ2v) is 3.91. The molecule has 0 unspecified atom stereocenters. The number of fused-ring (bicyclic) bond motifs is 1. The highest BCUT2D eigenvalue weighted by Crippen LogP contribution is 2.20. The molecule has 3 nitrogen and oxygen atoms in total. The van der Waals surface area contributed by atoms with E-state index in [9.17, 15) is 12.3 Å². The van der Waals surface area contributed by atoms with Crippen LogP contribution >= 0.6 is 0 Å². The van der Waals surface area contributed by atoms with E-state index in [0.29, 0.717) is 5.58 Å². The molecule has 0 aliphatic rings. The Labute approximate surface area is 74.0 Å². The lowest BCUT2D eigenvalue weighted by molar-refractivity contribution is 0.551. The molecule has 0 bridgehead atoms. The van der Waals surface area contributed by atoms with Gasteiger partial charge in [0.15, 0.2) is 0 Å². The van der Waals surface area contributed by atoms with Gasteiger partial charge in [-0.05, 0) is 18.2 Å². The van der Waals surface area contributed by atoms with Crippen LogP contribution in [0, 0.1) is 0 Å². The van der Waals surface area contributed by atoms with E-state index in [2.05, 4.69) is 0 Å². The van der Waals surface area contributed by atoms with Gasteiger partial charge in [0.25, 0.3) is 0 Å². The monoisotopic (exact) mass is 200 g/mol. The molecule has 0 spiro atoms. The summed E-state index contributed by atoms with van der Waals surface area (Å²) < 4.78 is 38.4. The second kappa shape index (κ2) is 2.56. The fourth-order valence-electron chi connectivity index (χ4n) is 1.09. The fraction of sp³-hybridized carbons (Fsp3) is 0. The van der Waals surface area contributed by atoms with Gasteiger partial charge < -0.3 is 4.42 Å². The smallest absolute Gasteiger partial charge is 0.332 e. The number of hydrogen-bond donors (Lipinski definition) is 0. The van der Waals surface area contributed by atoms with Crippen molar-refractivity contribution in [2.75, 3.05) is 0 Å². The molecular weight excluding hydrogens is 195 g/mol. The van der Waals surface area contributed by atoms with Gasteiger partial charge in [0.1, 0.15) is 10.5 Å². The summed E-state index contributed by atoms with van der Waals surface area (Å²) in [6.45, 7) is 0. The highest BCUT2D eigenvalue weighted by Gasteiger charge is 2.12. The minimum atomic E-state index is -4.63. The zero-order valence-electron chi connectivity index (χ0n) is 6.40. The maximum Gasteiger partial charge on any atom is 0.332 e. The third-order valence-corrected chi connectivity index (χ3v) is 2.53. The van der Waals surface area contributed by atoms with Crippen LogP contribution in [-0.2, 0) is 10.2 Å². The number of benzene rings is 1. The Balaban J connectivity index is 2.75. The van der Waals surface area contributed by atoms with Gasteiger partial charge in [0, 0.05) is 11.5 Å². The molecule has 0 aliphatic heterocycles. The topological polar surface area (TPSA) is 47.3 Å². The van der Waals surface area contributed by atoms with Crippen LogP contribution in [0.2, 0.25) is 0 Å². The van der Waals surface area contributed by atoms with E-state index in [1.54, 1.807) is 6.07 Å². The summed E-state index contributed by atoms with van der Waals surface area (Å²) in [6.07, 6.45) is 1.42. The van der Waals surface area contributed by atoms with Crippen LogP contribution in [0.15, 0.2) is 39.8 Å². The lowest BCUT2D eigenvalue weighted by atomic mass is 10.3. The standard InChI is InChI=1S/C8H5FO3S/c9-13(10,11)7-2-1-6-3-4-12-8(6)5-7/h1-5H. The molecule has 0 saturated carbocycles. The Morgan fingerprint density at radius 2 is 2.00 bits per heavy atom. The maximum absolute atomic E-state index is 12.5. The van der Waals surface area contributed by atoms with Crippen molar-refractivity contribution in [1.82, 2.24) is 0 Å². The Kier molecular flexibility index (Phi) is 1.63. The highest BCUT2D eigenvalue weighted by molar-refractivity contribution is 7.86. The molecule has 5 heteroatoms. The number of halogens is 1. The Morgan fingerprint density at radius 3 is 2.69 bits per heavy atom. The van der Waals surface area contributed by atoms with E-state index in [0.717, 1.165) is 11.5 Å². The average molecular weight is 200 g/mol. The highest BCUT2D eigenvalue weighted by atomic mass is 32.3. The zero-order valence-corrected chi connectivity index (χ0v) is 7.21. The van der Waals surface area contributed by atoms with Gasteiger partial charge in [-0.15, -0.1) is 3.89 Å². The Morgan fingerprint density at radius 1 is 1.23 bits per heavy atom. The van der Waals surface area contributed by atoms with Crippen molar-refractivity contribution in [2.45, 2.75) is 4.90 Å². The number of furan rings is 1. The summed E-state index contributed by atoms with van der Waals surface area (Å²) in [7, 11) is -4.63. The van der Waals surface area contributed by atoms with Crippen LogP contribution in [0.4, 0.5) is 3.89 Å². The Bertz CT molecular complexity index is 541. The van der Waals surface area contributed by atoms with Crippen LogP contribution in [-0.4, -0.2) is 8.42 Å². The molecule has 0 N–H and O–H groups in total. The summed E-state index contributed by atoms with van der Waals surface area (Å²) in [4.78, 5) is -0.380. The molecule has 0 fully saturated rings. The van der Waals surface area contributed by atoms with Crippen LogP contribution in [0.1, 0.15) is 0 Å². The molecule has 0 radical (unpaired) electrons. The minimum absolute atomic E-state index is 0.360. The minimum Gasteiger partial charge on any atom is -0.464 e. The van der Waals surface area contributed by atoms with E-state index in [1.807, 2.05) is 0 Å². The molecule has 0 atom stereocenters. The van der Waals surface area contributed by atoms with E-state index >= 15 is 0 Å². The van der Waals surface area contributed by atoms with Crippen molar-refractivity contribution in [3.63, 3.8) is 0 Å². The van der Waals surface area contributed by atoms with Crippen molar-refractivity contribution in [3.8, 4) is 0 Å². The summed E-state index contributed by atoms with van der Waals surface area (Å²) in [5.41, 5.74) is 0.360. The SMILES string of the molecule is O=S(=O)(F)c1ccc2ccoc2c1. The summed E-state index contributed by atoms with van der Waals surface area (Å²) in [6, 6.07) is 5.52. The van der Waals surface area contributed by atoms with Crippen molar-refractivity contribution in [2.24, 2.45) is 0 Å². The molecule has 1 heterocycles. The lowest BCUT2D eigenvalue weighted by Gasteiger charge is -1.93. The van der Waals surface area contributed by atoms with Gasteiger partial charge in [-0.2, -0.15) is 8.42 Å². The van der Waals surface area contributed by atoms with Gasteiger partial charge in [-0.1, -0.05) is 0 Å². The molecule has 1 aromatic carbocycles. The van der Waals surface area contributed by atoms with Crippen LogP contribution < -0.4 is 0 Å². The first-order chi connectivity index (χ1) is 6.07. The third kappa shape index (κ3) is 1.42. The molecule has 1 aromatic heterocycles. The predicted molar refractivity (Wildman–Crippen MR) is 44.5 cm³/mol. The van der Waals surface area contributed by atoms with Crippen molar-refractivity contribution in [3.05, 3.63) is 30.5 Å². The molecule has 0 saturated heterocycles. The summed E-state index contributed by atoms with van der Waals surface area (Å²) in [5, 5.41) is 0.743. The molecule has 68 valence electrons.